The lowest BCUT2D eigenvalue weighted by Crippen LogP contribution is -2.30. The van der Waals surface area contributed by atoms with Crippen LogP contribution in [-0.2, 0) is 4.79 Å². The molecule has 2 unspecified atom stereocenters. The summed E-state index contributed by atoms with van der Waals surface area (Å²) in [5.41, 5.74) is 3.05. The molecule has 2 aliphatic rings. The Bertz CT molecular complexity index is 332. The van der Waals surface area contributed by atoms with Gasteiger partial charge in [0.2, 0.25) is 0 Å². The molecule has 2 rings (SSSR count). The molecule has 0 heterocycles. The molecule has 1 fully saturated rings. The van der Waals surface area contributed by atoms with E-state index in [9.17, 15) is 4.79 Å². The molecule has 3 nitrogen and oxygen atoms in total. The molecule has 0 aliphatic heterocycles. The number of carbonyl (C=O) groups is 1. The van der Waals surface area contributed by atoms with Crippen LogP contribution in [0.5, 0.6) is 0 Å². The van der Waals surface area contributed by atoms with Crippen molar-refractivity contribution in [3.63, 3.8) is 0 Å². The maximum absolute atomic E-state index is 11.6. The van der Waals surface area contributed by atoms with Gasteiger partial charge >= 0.3 is 0 Å². The summed E-state index contributed by atoms with van der Waals surface area (Å²) < 4.78 is 0. The molecule has 0 bridgehead atoms. The van der Waals surface area contributed by atoms with Gasteiger partial charge in [-0.25, -0.2) is 5.48 Å². The Kier molecular flexibility index (Phi) is 5.44. The van der Waals surface area contributed by atoms with Crippen LogP contribution in [0, 0.1) is 17.8 Å². The molecule has 19 heavy (non-hydrogen) atoms. The van der Waals surface area contributed by atoms with E-state index in [1.165, 1.54) is 44.1 Å². The van der Waals surface area contributed by atoms with Crippen LogP contribution in [0.4, 0.5) is 0 Å². The molecular weight excluding hydrogens is 238 g/mol. The van der Waals surface area contributed by atoms with E-state index in [0.29, 0.717) is 0 Å². The average molecular weight is 265 g/mol. The van der Waals surface area contributed by atoms with E-state index in [-0.39, 0.29) is 11.8 Å². The molecule has 0 aromatic carbocycles. The van der Waals surface area contributed by atoms with Crippen LogP contribution < -0.4 is 5.48 Å². The first-order chi connectivity index (χ1) is 9.26. The zero-order valence-electron chi connectivity index (χ0n) is 12.0. The highest BCUT2D eigenvalue weighted by atomic mass is 16.5. The lowest BCUT2D eigenvalue weighted by molar-refractivity contribution is -0.132. The summed E-state index contributed by atoms with van der Waals surface area (Å²) in [6.45, 7) is 2.01. The fourth-order valence-corrected chi connectivity index (χ4v) is 3.92. The highest BCUT2D eigenvalue weighted by Gasteiger charge is 2.28. The second-order valence-corrected chi connectivity index (χ2v) is 6.15. The maximum Gasteiger partial charge on any atom is 0.250 e. The Morgan fingerprint density at radius 3 is 2.58 bits per heavy atom. The van der Waals surface area contributed by atoms with Gasteiger partial charge in [0.05, 0.1) is 5.92 Å². The highest BCUT2D eigenvalue weighted by Crippen LogP contribution is 2.39. The van der Waals surface area contributed by atoms with Crippen LogP contribution in [0.3, 0.4) is 0 Å². The minimum Gasteiger partial charge on any atom is -0.289 e. The van der Waals surface area contributed by atoms with Gasteiger partial charge in [0.25, 0.3) is 5.91 Å². The second-order valence-electron chi connectivity index (χ2n) is 6.15. The normalized spacial score (nSPS) is 26.6. The first-order valence-corrected chi connectivity index (χ1v) is 7.89. The van der Waals surface area contributed by atoms with Gasteiger partial charge in [-0.15, -0.1) is 0 Å². The van der Waals surface area contributed by atoms with Gasteiger partial charge in [-0.05, 0) is 37.5 Å². The summed E-state index contributed by atoms with van der Waals surface area (Å²) in [5.74, 6) is 1.37. The van der Waals surface area contributed by atoms with E-state index in [4.69, 9.17) is 5.21 Å². The summed E-state index contributed by atoms with van der Waals surface area (Å²) in [6, 6.07) is 0. The van der Waals surface area contributed by atoms with Crippen molar-refractivity contribution >= 4 is 5.91 Å². The fraction of sp³-hybridized carbons (Fsp3) is 0.812. The van der Waals surface area contributed by atoms with Gasteiger partial charge in [-0.3, -0.25) is 10.0 Å². The van der Waals surface area contributed by atoms with E-state index in [1.807, 2.05) is 12.4 Å². The van der Waals surface area contributed by atoms with Crippen LogP contribution >= 0.6 is 0 Å². The van der Waals surface area contributed by atoms with Gasteiger partial charge < -0.3 is 0 Å². The predicted molar refractivity (Wildman–Crippen MR) is 75.7 cm³/mol. The summed E-state index contributed by atoms with van der Waals surface area (Å²) in [6.07, 6.45) is 13.5. The fourth-order valence-electron chi connectivity index (χ4n) is 3.92. The van der Waals surface area contributed by atoms with E-state index < -0.39 is 0 Å². The van der Waals surface area contributed by atoms with Crippen molar-refractivity contribution in [1.29, 1.82) is 0 Å². The second kappa shape index (κ2) is 7.09. The van der Waals surface area contributed by atoms with Gasteiger partial charge in [0.15, 0.2) is 0 Å². The molecule has 2 atom stereocenters. The van der Waals surface area contributed by atoms with Crippen LogP contribution in [0.2, 0.25) is 0 Å². The number of allylic oxidation sites excluding steroid dienone is 1. The third-order valence-electron chi connectivity index (χ3n) is 5.09. The molecule has 3 heteroatoms. The number of amides is 1. The van der Waals surface area contributed by atoms with Crippen molar-refractivity contribution in [2.75, 3.05) is 0 Å². The number of rotatable bonds is 4. The van der Waals surface area contributed by atoms with Crippen molar-refractivity contribution in [2.45, 2.75) is 64.7 Å². The quantitative estimate of drug-likeness (QED) is 0.461. The number of hydrogen-bond donors (Lipinski definition) is 2. The third kappa shape index (κ3) is 3.59. The number of hydrogen-bond acceptors (Lipinski definition) is 2. The van der Waals surface area contributed by atoms with E-state index in [0.717, 1.165) is 31.1 Å². The number of carbonyl (C=O) groups excluding carboxylic acids is 1. The number of nitrogens with one attached hydrogen (secondary N) is 1. The van der Waals surface area contributed by atoms with Crippen LogP contribution in [0.25, 0.3) is 0 Å². The largest absolute Gasteiger partial charge is 0.289 e. The molecule has 0 saturated heterocycles. The molecule has 0 aromatic heterocycles. The SMILES string of the molecule is CCC(C(=O)NO)C1=CCC(C2CCCCC2)CC1. The Balaban J connectivity index is 1.92. The zero-order chi connectivity index (χ0) is 13.7. The lowest BCUT2D eigenvalue weighted by atomic mass is 9.72. The first-order valence-electron chi connectivity index (χ1n) is 7.89. The maximum atomic E-state index is 11.6. The Hall–Kier alpha value is -0.830. The zero-order valence-corrected chi connectivity index (χ0v) is 12.0. The third-order valence-corrected chi connectivity index (χ3v) is 5.09. The smallest absolute Gasteiger partial charge is 0.250 e. The molecule has 1 amide bonds. The predicted octanol–water partition coefficient (Wildman–Crippen LogP) is 3.82. The number of hydroxylamine groups is 1. The molecule has 1 saturated carbocycles. The molecule has 2 aliphatic carbocycles. The van der Waals surface area contributed by atoms with Gasteiger partial charge in [-0.2, -0.15) is 0 Å². The van der Waals surface area contributed by atoms with Crippen molar-refractivity contribution < 1.29 is 10.0 Å². The minimum absolute atomic E-state index is 0.127. The van der Waals surface area contributed by atoms with E-state index in [1.54, 1.807) is 0 Å². The van der Waals surface area contributed by atoms with Crippen molar-refractivity contribution in [1.82, 2.24) is 5.48 Å². The molecule has 0 radical (unpaired) electrons. The molecule has 108 valence electrons. The first kappa shape index (κ1) is 14.6. The summed E-state index contributed by atoms with van der Waals surface area (Å²) in [4.78, 5) is 11.6. The van der Waals surface area contributed by atoms with Crippen molar-refractivity contribution in [3.05, 3.63) is 11.6 Å². The van der Waals surface area contributed by atoms with E-state index in [2.05, 4.69) is 6.08 Å². The van der Waals surface area contributed by atoms with Crippen LogP contribution in [0.1, 0.15) is 64.7 Å². The van der Waals surface area contributed by atoms with Gasteiger partial charge in [0.1, 0.15) is 0 Å². The van der Waals surface area contributed by atoms with Crippen LogP contribution in [-0.4, -0.2) is 11.1 Å². The summed E-state index contributed by atoms with van der Waals surface area (Å²) >= 11 is 0. The Labute approximate surface area is 116 Å². The van der Waals surface area contributed by atoms with Gasteiger partial charge in [0, 0.05) is 0 Å². The van der Waals surface area contributed by atoms with E-state index >= 15 is 0 Å². The molecule has 2 N–H and O–H groups in total. The van der Waals surface area contributed by atoms with Crippen LogP contribution in [0.15, 0.2) is 11.6 Å². The van der Waals surface area contributed by atoms with Crippen molar-refractivity contribution in [2.24, 2.45) is 17.8 Å². The monoisotopic (exact) mass is 265 g/mol. The summed E-state index contributed by atoms with van der Waals surface area (Å²) in [5, 5.41) is 8.80. The lowest BCUT2D eigenvalue weighted by Gasteiger charge is -2.33. The minimum atomic E-state index is -0.245. The molecular formula is C16H27NO2. The van der Waals surface area contributed by atoms with Gasteiger partial charge in [-0.1, -0.05) is 50.7 Å². The molecule has 0 aromatic rings. The Morgan fingerprint density at radius 1 is 1.32 bits per heavy atom. The molecule has 0 spiro atoms. The average Bonchev–Trinajstić information content (AvgIpc) is 2.49. The standard InChI is InChI=1S/C16H27NO2/c1-2-15(16(18)17-19)14-10-8-13(9-11-14)12-6-4-3-5-7-12/h10,12-13,15,19H,2-9,11H2,1H3,(H,17,18). The summed E-state index contributed by atoms with van der Waals surface area (Å²) in [7, 11) is 0. The topological polar surface area (TPSA) is 49.3 Å². The van der Waals surface area contributed by atoms with Crippen molar-refractivity contribution in [3.8, 4) is 0 Å². The highest BCUT2D eigenvalue weighted by molar-refractivity contribution is 5.80. The Morgan fingerprint density at radius 2 is 2.05 bits per heavy atom.